The number of carbonyl (C=O) groups is 4. The third-order valence-electron chi connectivity index (χ3n) is 12.2. The Labute approximate surface area is 320 Å². The van der Waals surface area contributed by atoms with Crippen LogP contribution in [0, 0.1) is 39.4 Å². The zero-order valence-electron chi connectivity index (χ0n) is 35.4. The number of benzene rings is 1. The van der Waals surface area contributed by atoms with Gasteiger partial charge in [-0.3, -0.25) is 14.4 Å². The highest BCUT2D eigenvalue weighted by atomic mass is 16.6. The monoisotopic (exact) mass is 745 g/mol. The smallest absolute Gasteiger partial charge is 0.333 e. The molecule has 302 valence electrons. The van der Waals surface area contributed by atoms with Crippen molar-refractivity contribution in [3.05, 3.63) is 48.0 Å². The van der Waals surface area contributed by atoms with Gasteiger partial charge in [-0.15, -0.1) is 0 Å². The van der Waals surface area contributed by atoms with Gasteiger partial charge < -0.3 is 24.4 Å². The molecular weight excluding hydrogens is 672 g/mol. The standard InChI is InChI=1S/C14H22O2.C13H22O5.C11H16.C6H12O2/c1-5-13(2,3)12(15)16-10-6-8-9-7-14(10,4)11(8)9;1-6-13(4,5)12(16)18-8-10(14)7-17-11(15)9(2)3;1-4-11(2,3)10-8-6-5-7-9-10;1-4-6(2,3)5(7)8/h8-11H,5-7H2,1-4H3;10,14H,2,6-8H2,1,3-5H3;5-9H,4H2,1-3H3;4H2,1-3H3,(H,7,8). The molecule has 1 aromatic carbocycles. The molecule has 9 nitrogen and oxygen atoms in total. The average Bonchev–Trinajstić information content (AvgIpc) is 3.66. The van der Waals surface area contributed by atoms with E-state index in [9.17, 15) is 24.3 Å². The summed E-state index contributed by atoms with van der Waals surface area (Å²) >= 11 is 0. The number of carbonyl (C=O) groups excluding carboxylic acids is 3. The predicted molar refractivity (Wildman–Crippen MR) is 210 cm³/mol. The van der Waals surface area contributed by atoms with E-state index >= 15 is 0 Å². The van der Waals surface area contributed by atoms with E-state index in [0.717, 1.165) is 30.6 Å². The third kappa shape index (κ3) is 13.3. The molecule has 6 unspecified atom stereocenters. The van der Waals surface area contributed by atoms with E-state index in [-0.39, 0.29) is 42.2 Å². The molecule has 0 bridgehead atoms. The van der Waals surface area contributed by atoms with Crippen LogP contribution < -0.4 is 0 Å². The Hall–Kier alpha value is -3.20. The number of hydrogen-bond acceptors (Lipinski definition) is 8. The summed E-state index contributed by atoms with van der Waals surface area (Å²) in [6.45, 7) is 30.4. The Morgan fingerprint density at radius 2 is 1.28 bits per heavy atom. The lowest BCUT2D eigenvalue weighted by Crippen LogP contribution is -2.44. The highest BCUT2D eigenvalue weighted by molar-refractivity contribution is 5.86. The second kappa shape index (κ2) is 19.4. The van der Waals surface area contributed by atoms with Gasteiger partial charge in [-0.2, -0.15) is 0 Å². The van der Waals surface area contributed by atoms with Crippen molar-refractivity contribution < 1.29 is 43.6 Å². The molecular formula is C44H72O9. The summed E-state index contributed by atoms with van der Waals surface area (Å²) in [6, 6.07) is 10.7. The maximum absolute atomic E-state index is 12.1. The minimum atomic E-state index is -1.02. The number of aliphatic carboxylic acids is 1. The molecule has 0 amide bonds. The van der Waals surface area contributed by atoms with Crippen LogP contribution in [0.4, 0.5) is 0 Å². The van der Waals surface area contributed by atoms with Gasteiger partial charge in [0.05, 0.1) is 16.2 Å². The van der Waals surface area contributed by atoms with Gasteiger partial charge in [-0.05, 0) is 116 Å². The van der Waals surface area contributed by atoms with Crippen LogP contribution in [-0.4, -0.2) is 59.5 Å². The first-order valence-electron chi connectivity index (χ1n) is 19.5. The molecule has 0 saturated heterocycles. The molecule has 0 aliphatic heterocycles. The van der Waals surface area contributed by atoms with E-state index in [2.05, 4.69) is 71.5 Å². The summed E-state index contributed by atoms with van der Waals surface area (Å²) in [5.74, 6) is 1.12. The van der Waals surface area contributed by atoms with Gasteiger partial charge in [0.15, 0.2) is 0 Å². The molecule has 53 heavy (non-hydrogen) atoms. The summed E-state index contributed by atoms with van der Waals surface area (Å²) < 4.78 is 15.5. The van der Waals surface area contributed by atoms with Crippen molar-refractivity contribution in [3.8, 4) is 0 Å². The van der Waals surface area contributed by atoms with Crippen molar-refractivity contribution in [2.75, 3.05) is 13.2 Å². The number of hydrogen-bond donors (Lipinski definition) is 2. The van der Waals surface area contributed by atoms with Crippen molar-refractivity contribution in [1.82, 2.24) is 0 Å². The summed E-state index contributed by atoms with van der Waals surface area (Å²) in [6.07, 6.45) is 5.00. The maximum Gasteiger partial charge on any atom is 0.333 e. The Balaban J connectivity index is 0.000000368. The second-order valence-electron chi connectivity index (χ2n) is 17.9. The van der Waals surface area contributed by atoms with E-state index in [1.165, 1.54) is 25.3 Å². The van der Waals surface area contributed by atoms with E-state index in [4.69, 9.17) is 19.3 Å². The van der Waals surface area contributed by atoms with Crippen molar-refractivity contribution in [2.45, 2.75) is 153 Å². The van der Waals surface area contributed by atoms with Gasteiger partial charge in [0.1, 0.15) is 25.4 Å². The van der Waals surface area contributed by atoms with Gasteiger partial charge in [-0.25, -0.2) is 4.79 Å². The summed E-state index contributed by atoms with van der Waals surface area (Å²) in [5, 5.41) is 17.9. The maximum atomic E-state index is 12.1. The fourth-order valence-electron chi connectivity index (χ4n) is 6.08. The number of esters is 3. The molecule has 3 aliphatic rings. The Morgan fingerprint density at radius 1 is 0.792 bits per heavy atom. The van der Waals surface area contributed by atoms with E-state index in [0.29, 0.717) is 23.7 Å². The fraction of sp³-hybridized carbons (Fsp3) is 0.727. The first-order chi connectivity index (χ1) is 24.3. The van der Waals surface area contributed by atoms with Crippen molar-refractivity contribution in [1.29, 1.82) is 0 Å². The molecule has 0 radical (unpaired) electrons. The Kier molecular flexibility index (Phi) is 17.5. The van der Waals surface area contributed by atoms with Gasteiger partial charge >= 0.3 is 23.9 Å². The number of fused-ring (bicyclic) bond motifs is 1. The van der Waals surface area contributed by atoms with Gasteiger partial charge in [-0.1, -0.05) is 85.4 Å². The number of carboxylic acids is 1. The largest absolute Gasteiger partial charge is 0.481 e. The van der Waals surface area contributed by atoms with E-state index in [1.807, 2.05) is 27.7 Å². The number of carboxylic acid groups (broad SMARTS) is 1. The molecule has 6 atom stereocenters. The van der Waals surface area contributed by atoms with Crippen LogP contribution in [0.15, 0.2) is 42.5 Å². The molecule has 0 aromatic heterocycles. The summed E-state index contributed by atoms with van der Waals surface area (Å²) in [4.78, 5) is 45.0. The lowest BCUT2D eigenvalue weighted by atomic mass is 9.66. The normalized spacial score (nSPS) is 23.0. The zero-order valence-corrected chi connectivity index (χ0v) is 35.4. The first-order valence-corrected chi connectivity index (χ1v) is 19.5. The minimum Gasteiger partial charge on any atom is -0.481 e. The number of ether oxygens (including phenoxy) is 3. The molecule has 9 heteroatoms. The second-order valence-corrected chi connectivity index (χ2v) is 17.9. The van der Waals surface area contributed by atoms with Crippen LogP contribution in [0.25, 0.3) is 0 Å². The van der Waals surface area contributed by atoms with Crippen LogP contribution >= 0.6 is 0 Å². The van der Waals surface area contributed by atoms with Crippen LogP contribution in [-0.2, 0) is 38.8 Å². The van der Waals surface area contributed by atoms with Gasteiger partial charge in [0.25, 0.3) is 0 Å². The topological polar surface area (TPSA) is 136 Å². The highest BCUT2D eigenvalue weighted by Gasteiger charge is 2.77. The number of aliphatic hydroxyl groups is 1. The van der Waals surface area contributed by atoms with E-state index in [1.54, 1.807) is 27.7 Å². The van der Waals surface area contributed by atoms with Gasteiger partial charge in [0.2, 0.25) is 0 Å². The third-order valence-corrected chi connectivity index (χ3v) is 12.2. The minimum absolute atomic E-state index is 0.00553. The molecule has 2 N–H and O–H groups in total. The average molecular weight is 745 g/mol. The fourth-order valence-corrected chi connectivity index (χ4v) is 6.08. The van der Waals surface area contributed by atoms with Crippen LogP contribution in [0.3, 0.4) is 0 Å². The summed E-state index contributed by atoms with van der Waals surface area (Å²) in [7, 11) is 0. The zero-order chi connectivity index (χ0) is 41.2. The van der Waals surface area contributed by atoms with Gasteiger partial charge in [0, 0.05) is 11.0 Å². The Morgan fingerprint density at radius 3 is 1.66 bits per heavy atom. The van der Waals surface area contributed by atoms with Crippen LogP contribution in [0.5, 0.6) is 0 Å². The molecule has 0 heterocycles. The van der Waals surface area contributed by atoms with Crippen molar-refractivity contribution in [2.24, 2.45) is 39.4 Å². The lowest BCUT2D eigenvalue weighted by molar-refractivity contribution is -0.171. The van der Waals surface area contributed by atoms with Crippen LogP contribution in [0.2, 0.25) is 0 Å². The number of rotatable bonds is 14. The predicted octanol–water partition coefficient (Wildman–Crippen LogP) is 9.34. The van der Waals surface area contributed by atoms with E-state index < -0.39 is 28.9 Å². The number of aliphatic hydroxyl groups excluding tert-OH is 1. The van der Waals surface area contributed by atoms with Crippen molar-refractivity contribution in [3.63, 3.8) is 0 Å². The summed E-state index contributed by atoms with van der Waals surface area (Å²) in [5.41, 5.74) is 0.935. The highest BCUT2D eigenvalue weighted by Crippen LogP contribution is 2.79. The molecule has 3 saturated carbocycles. The lowest BCUT2D eigenvalue weighted by Gasteiger charge is -2.43. The quantitative estimate of drug-likeness (QED) is 0.108. The first kappa shape index (κ1) is 47.8. The van der Waals surface area contributed by atoms with Crippen LogP contribution in [0.1, 0.15) is 141 Å². The molecule has 3 fully saturated rings. The molecule has 4 rings (SSSR count). The SMILES string of the molecule is C=C(C)C(=O)OCC(O)COC(=O)C(C)(C)CC.CCC(C)(C)C(=O)O.CCC(C)(C)C(=O)OC1CC2C3CC1(C)C23.CCC(C)(C)c1ccccc1. The molecule has 0 spiro atoms. The van der Waals surface area contributed by atoms with Crippen molar-refractivity contribution >= 4 is 23.9 Å². The molecule has 3 aliphatic carbocycles. The molecule has 1 aromatic rings. The Bertz CT molecular complexity index is 1380.